The Morgan fingerprint density at radius 2 is 1.74 bits per heavy atom. The van der Waals surface area contributed by atoms with Gasteiger partial charge in [0.1, 0.15) is 34.7 Å². The molecule has 13 heteroatoms. The molecule has 198 valence electrons. The normalized spacial score (nSPS) is 18.6. The zero-order chi connectivity index (χ0) is 27.3. The Morgan fingerprint density at radius 1 is 1.08 bits per heavy atom. The van der Waals surface area contributed by atoms with Gasteiger partial charge in [0.15, 0.2) is 0 Å². The zero-order valence-electron chi connectivity index (χ0n) is 20.0. The minimum Gasteiger partial charge on any atom is -0.497 e. The number of aromatic nitrogens is 2. The summed E-state index contributed by atoms with van der Waals surface area (Å²) in [6.07, 6.45) is -0.704. The van der Waals surface area contributed by atoms with Gasteiger partial charge in [0.05, 0.1) is 18.7 Å². The second-order valence-electron chi connectivity index (χ2n) is 8.62. The highest BCUT2D eigenvalue weighted by atomic mass is 19.4. The van der Waals surface area contributed by atoms with Crippen molar-refractivity contribution < 1.29 is 32.2 Å². The maximum Gasteiger partial charge on any atom is 0.420 e. The fraction of sp³-hybridized carbons (Fsp3) is 0.280. The van der Waals surface area contributed by atoms with Crippen LogP contribution < -0.4 is 20.1 Å². The smallest absolute Gasteiger partial charge is 0.420 e. The number of hydrogen-bond acceptors (Lipinski definition) is 8. The Labute approximate surface area is 214 Å². The molecule has 0 spiro atoms. The van der Waals surface area contributed by atoms with Crippen LogP contribution in [0.5, 0.6) is 17.2 Å². The predicted octanol–water partition coefficient (Wildman–Crippen LogP) is 4.01. The van der Waals surface area contributed by atoms with E-state index < -0.39 is 35.1 Å². The molecule has 1 fully saturated rings. The van der Waals surface area contributed by atoms with Gasteiger partial charge in [-0.15, -0.1) is 0 Å². The van der Waals surface area contributed by atoms with Gasteiger partial charge < -0.3 is 20.1 Å². The van der Waals surface area contributed by atoms with Crippen LogP contribution in [0.2, 0.25) is 0 Å². The van der Waals surface area contributed by atoms with Crippen LogP contribution in [0.4, 0.5) is 13.2 Å². The highest BCUT2D eigenvalue weighted by Crippen LogP contribution is 2.40. The van der Waals surface area contributed by atoms with Crippen LogP contribution in [-0.4, -0.2) is 40.5 Å². The van der Waals surface area contributed by atoms with Crippen molar-refractivity contribution >= 4 is 11.8 Å². The molecule has 0 aliphatic heterocycles. The summed E-state index contributed by atoms with van der Waals surface area (Å²) >= 11 is 0. The van der Waals surface area contributed by atoms with Crippen LogP contribution >= 0.6 is 0 Å². The molecule has 2 aromatic carbocycles. The first-order valence-electron chi connectivity index (χ1n) is 11.3. The third-order valence-electron chi connectivity index (χ3n) is 6.02. The highest BCUT2D eigenvalue weighted by molar-refractivity contribution is 5.99. The second kappa shape index (κ2) is 10.8. The van der Waals surface area contributed by atoms with Crippen LogP contribution in [0.15, 0.2) is 66.4 Å². The van der Waals surface area contributed by atoms with Crippen molar-refractivity contribution in [1.29, 1.82) is 0 Å². The molecule has 1 aromatic heterocycles. The quantitative estimate of drug-likeness (QED) is 0.401. The van der Waals surface area contributed by atoms with Gasteiger partial charge in [-0.1, -0.05) is 17.3 Å². The van der Waals surface area contributed by atoms with Crippen molar-refractivity contribution in [3.63, 3.8) is 0 Å². The second-order valence-corrected chi connectivity index (χ2v) is 8.62. The molecule has 1 aliphatic carbocycles. The molecule has 0 saturated heterocycles. The first-order chi connectivity index (χ1) is 18.1. The van der Waals surface area contributed by atoms with Crippen molar-refractivity contribution in [3.8, 4) is 17.2 Å². The van der Waals surface area contributed by atoms with Crippen LogP contribution in [0.25, 0.3) is 0 Å². The van der Waals surface area contributed by atoms with Gasteiger partial charge in [-0.25, -0.2) is 9.97 Å². The molecule has 0 bridgehead atoms. The fourth-order valence-electron chi connectivity index (χ4n) is 3.97. The van der Waals surface area contributed by atoms with E-state index in [2.05, 4.69) is 25.8 Å². The molecule has 0 radical (unpaired) electrons. The summed E-state index contributed by atoms with van der Waals surface area (Å²) in [4.78, 5) is 44.0. The number of benzene rings is 2. The van der Waals surface area contributed by atoms with Crippen LogP contribution in [0.3, 0.4) is 0 Å². The maximum atomic E-state index is 13.4. The van der Waals surface area contributed by atoms with Crippen molar-refractivity contribution in [1.82, 2.24) is 20.6 Å². The van der Waals surface area contributed by atoms with E-state index >= 15 is 0 Å². The Balaban J connectivity index is 1.40. The van der Waals surface area contributed by atoms with Gasteiger partial charge >= 0.3 is 6.18 Å². The Morgan fingerprint density at radius 3 is 2.34 bits per heavy atom. The number of rotatable bonds is 9. The number of amides is 2. The SMILES string of the molecule is COc1ccc(Oc2ccc(CNC(=O)C3(NC(=O)c4cncnc4)CC(N=O)C3)cc2)c(C(F)(F)F)c1. The Kier molecular flexibility index (Phi) is 7.55. The largest absolute Gasteiger partial charge is 0.497 e. The number of nitrogens with zero attached hydrogens (tertiary/aromatic N) is 3. The molecule has 10 nitrogen and oxygen atoms in total. The molecule has 2 amide bonds. The zero-order valence-corrected chi connectivity index (χ0v) is 20.0. The van der Waals surface area contributed by atoms with Gasteiger partial charge in [-0.05, 0) is 35.9 Å². The van der Waals surface area contributed by atoms with Gasteiger partial charge in [-0.3, -0.25) is 9.59 Å². The lowest BCUT2D eigenvalue weighted by Gasteiger charge is -2.43. The lowest BCUT2D eigenvalue weighted by atomic mass is 9.72. The van der Waals surface area contributed by atoms with Crippen molar-refractivity contribution in [2.45, 2.75) is 37.1 Å². The number of carbonyl (C=O) groups is 2. The van der Waals surface area contributed by atoms with Gasteiger partial charge in [0, 0.05) is 31.8 Å². The summed E-state index contributed by atoms with van der Waals surface area (Å²) in [6.45, 7) is 0.0563. The van der Waals surface area contributed by atoms with E-state index in [1.54, 1.807) is 12.1 Å². The molecule has 1 heterocycles. The number of nitrogens with one attached hydrogen (secondary N) is 2. The molecule has 3 aromatic rings. The summed E-state index contributed by atoms with van der Waals surface area (Å²) in [5.74, 6) is -1.25. The summed E-state index contributed by atoms with van der Waals surface area (Å²) in [5.41, 5.74) is -1.52. The first kappa shape index (κ1) is 26.5. The van der Waals surface area contributed by atoms with Crippen LogP contribution in [0.1, 0.15) is 34.3 Å². The standard InChI is InChI=1S/C25H22F3N5O5/c1-37-19-6-7-21(20(8-19)25(26,27)28)38-18-4-2-15(3-5-18)11-31-23(35)24(9-17(10-24)33-36)32-22(34)16-12-29-14-30-13-16/h2-8,12-14,17H,9-11H2,1H3,(H,31,35)(H,32,34). The minimum atomic E-state index is -4.65. The number of halogens is 3. The van der Waals surface area contributed by atoms with Crippen molar-refractivity contribution in [2.75, 3.05) is 7.11 Å². The van der Waals surface area contributed by atoms with Gasteiger partial charge in [-0.2, -0.15) is 18.1 Å². The molecular formula is C25H22F3N5O5. The van der Waals surface area contributed by atoms with E-state index in [0.29, 0.717) is 5.56 Å². The third kappa shape index (κ3) is 5.88. The number of alkyl halides is 3. The Bertz CT molecular complexity index is 1310. The highest BCUT2D eigenvalue weighted by Gasteiger charge is 2.52. The summed E-state index contributed by atoms with van der Waals surface area (Å²) in [6, 6.07) is 8.87. The summed E-state index contributed by atoms with van der Waals surface area (Å²) < 4.78 is 50.6. The third-order valence-corrected chi connectivity index (χ3v) is 6.02. The van der Waals surface area contributed by atoms with E-state index in [4.69, 9.17) is 9.47 Å². The average molecular weight is 529 g/mol. The number of hydrogen-bond donors (Lipinski definition) is 2. The summed E-state index contributed by atoms with van der Waals surface area (Å²) in [7, 11) is 1.27. The van der Waals surface area contributed by atoms with E-state index in [1.807, 2.05) is 0 Å². The summed E-state index contributed by atoms with van der Waals surface area (Å²) in [5, 5.41) is 8.33. The number of ether oxygens (including phenoxy) is 2. The average Bonchev–Trinajstić information content (AvgIpc) is 2.89. The molecule has 0 unspecified atom stereocenters. The molecule has 0 atom stereocenters. The molecule has 4 rings (SSSR count). The molecule has 2 N–H and O–H groups in total. The molecule has 38 heavy (non-hydrogen) atoms. The molecule has 1 aliphatic rings. The molecule has 1 saturated carbocycles. The van der Waals surface area contributed by atoms with Crippen molar-refractivity contribution in [3.05, 3.63) is 82.8 Å². The van der Waals surface area contributed by atoms with E-state index in [-0.39, 0.29) is 42.2 Å². The lowest BCUT2D eigenvalue weighted by molar-refractivity contribution is -0.138. The van der Waals surface area contributed by atoms with E-state index in [0.717, 1.165) is 6.07 Å². The number of methoxy groups -OCH3 is 1. The first-order valence-corrected chi connectivity index (χ1v) is 11.3. The maximum absolute atomic E-state index is 13.4. The molecular weight excluding hydrogens is 507 g/mol. The predicted molar refractivity (Wildman–Crippen MR) is 127 cm³/mol. The Hall–Kier alpha value is -4.55. The van der Waals surface area contributed by atoms with Crippen molar-refractivity contribution in [2.24, 2.45) is 5.18 Å². The van der Waals surface area contributed by atoms with Crippen LogP contribution in [-0.2, 0) is 17.5 Å². The monoisotopic (exact) mass is 529 g/mol. The van der Waals surface area contributed by atoms with Crippen LogP contribution in [0, 0.1) is 4.91 Å². The minimum absolute atomic E-state index is 0.0396. The lowest BCUT2D eigenvalue weighted by Crippen LogP contribution is -2.66. The van der Waals surface area contributed by atoms with Gasteiger partial charge in [0.25, 0.3) is 5.91 Å². The number of carbonyl (C=O) groups excluding carboxylic acids is 2. The van der Waals surface area contributed by atoms with Gasteiger partial charge in [0.2, 0.25) is 5.91 Å². The van der Waals surface area contributed by atoms with E-state index in [1.165, 1.54) is 50.1 Å². The topological polar surface area (TPSA) is 132 Å². The fourth-order valence-corrected chi connectivity index (χ4v) is 3.97. The number of nitroso groups, excluding NO2 is 1. The van der Waals surface area contributed by atoms with E-state index in [9.17, 15) is 27.7 Å².